The zero-order valence-corrected chi connectivity index (χ0v) is 5.57. The van der Waals surface area contributed by atoms with Crippen molar-refractivity contribution in [1.82, 2.24) is 10.6 Å². The van der Waals surface area contributed by atoms with Crippen molar-refractivity contribution >= 4 is 0 Å². The number of likely N-dealkylation sites (N-methyl/N-ethyl adjacent to an activating group) is 1. The number of rotatable bonds is 1. The van der Waals surface area contributed by atoms with Crippen LogP contribution in [0.25, 0.3) is 0 Å². The minimum absolute atomic E-state index is 0.704. The normalized spacial score (nSPS) is 38.2. The van der Waals surface area contributed by atoms with Gasteiger partial charge in [0.25, 0.3) is 0 Å². The van der Waals surface area contributed by atoms with Crippen LogP contribution in [-0.2, 0) is 0 Å². The van der Waals surface area contributed by atoms with Crippen LogP contribution in [0.2, 0.25) is 0 Å². The number of hydrogen-bond donors (Lipinski definition) is 2. The van der Waals surface area contributed by atoms with E-state index in [9.17, 15) is 0 Å². The van der Waals surface area contributed by atoms with Gasteiger partial charge in [0.05, 0.1) is 0 Å². The topological polar surface area (TPSA) is 24.1 Å². The van der Waals surface area contributed by atoms with Crippen LogP contribution in [0.1, 0.15) is 6.92 Å². The molecule has 8 heavy (non-hydrogen) atoms. The third-order valence-electron chi connectivity index (χ3n) is 1.89. The molecule has 0 aromatic carbocycles. The average molecular weight is 114 g/mol. The molecule has 0 unspecified atom stereocenters. The van der Waals surface area contributed by atoms with E-state index in [4.69, 9.17) is 0 Å². The second-order valence-corrected chi connectivity index (χ2v) is 2.53. The highest BCUT2D eigenvalue weighted by molar-refractivity contribution is 4.82. The Morgan fingerprint density at radius 2 is 2.25 bits per heavy atom. The lowest BCUT2D eigenvalue weighted by Crippen LogP contribution is -2.31. The van der Waals surface area contributed by atoms with Crippen LogP contribution in [-0.4, -0.2) is 26.2 Å². The largest absolute Gasteiger partial charge is 0.315 e. The Morgan fingerprint density at radius 3 is 2.50 bits per heavy atom. The first-order valence-corrected chi connectivity index (χ1v) is 3.22. The molecule has 0 aromatic rings. The predicted octanol–water partition coefficient (Wildman–Crippen LogP) is -0.186. The highest BCUT2D eigenvalue weighted by Crippen LogP contribution is 2.05. The maximum atomic E-state index is 3.31. The molecule has 0 spiro atoms. The van der Waals surface area contributed by atoms with Crippen LogP contribution in [0.3, 0.4) is 0 Å². The van der Waals surface area contributed by atoms with Crippen molar-refractivity contribution in [3.05, 3.63) is 0 Å². The zero-order chi connectivity index (χ0) is 5.98. The molecule has 48 valence electrons. The third-order valence-corrected chi connectivity index (χ3v) is 1.89. The standard InChI is InChI=1S/C6H14N2/c1-5-3-8-4-6(5)7-2/h5-8H,3-4H2,1-2H3/t5-,6-/m0/s1. The Balaban J connectivity index is 2.30. The Kier molecular flexibility index (Phi) is 1.86. The molecule has 0 radical (unpaired) electrons. The molecule has 1 aliphatic rings. The van der Waals surface area contributed by atoms with E-state index in [2.05, 4.69) is 17.6 Å². The summed E-state index contributed by atoms with van der Waals surface area (Å²) in [7, 11) is 2.02. The molecular weight excluding hydrogens is 100 g/mol. The smallest absolute Gasteiger partial charge is 0.0227 e. The molecule has 0 bridgehead atoms. The van der Waals surface area contributed by atoms with Gasteiger partial charge < -0.3 is 10.6 Å². The van der Waals surface area contributed by atoms with Crippen LogP contribution in [0.15, 0.2) is 0 Å². The number of hydrogen-bond acceptors (Lipinski definition) is 2. The van der Waals surface area contributed by atoms with Crippen LogP contribution >= 0.6 is 0 Å². The minimum atomic E-state index is 0.704. The monoisotopic (exact) mass is 114 g/mol. The highest BCUT2D eigenvalue weighted by Gasteiger charge is 2.19. The van der Waals surface area contributed by atoms with Gasteiger partial charge in [-0.1, -0.05) is 6.92 Å². The molecule has 0 aliphatic carbocycles. The predicted molar refractivity (Wildman–Crippen MR) is 34.9 cm³/mol. The first kappa shape index (κ1) is 6.05. The van der Waals surface area contributed by atoms with E-state index in [1.165, 1.54) is 6.54 Å². The maximum Gasteiger partial charge on any atom is 0.0227 e. The Bertz CT molecular complexity index is 72.9. The quantitative estimate of drug-likeness (QED) is 0.494. The lowest BCUT2D eigenvalue weighted by molar-refractivity contribution is 0.490. The Hall–Kier alpha value is -0.0800. The van der Waals surface area contributed by atoms with Crippen molar-refractivity contribution in [1.29, 1.82) is 0 Å². The van der Waals surface area contributed by atoms with Crippen molar-refractivity contribution in [3.8, 4) is 0 Å². The van der Waals surface area contributed by atoms with E-state index in [-0.39, 0.29) is 0 Å². The zero-order valence-electron chi connectivity index (χ0n) is 5.57. The molecule has 2 atom stereocenters. The van der Waals surface area contributed by atoms with Gasteiger partial charge in [-0.05, 0) is 19.5 Å². The molecule has 0 saturated carbocycles. The van der Waals surface area contributed by atoms with Gasteiger partial charge in [0.2, 0.25) is 0 Å². The molecule has 2 nitrogen and oxygen atoms in total. The fourth-order valence-electron chi connectivity index (χ4n) is 1.20. The number of nitrogens with one attached hydrogen (secondary N) is 2. The van der Waals surface area contributed by atoms with Crippen molar-refractivity contribution in [2.24, 2.45) is 5.92 Å². The molecule has 1 rings (SSSR count). The first-order valence-electron chi connectivity index (χ1n) is 3.22. The summed E-state index contributed by atoms with van der Waals surface area (Å²) in [5.74, 6) is 0.806. The SMILES string of the molecule is CN[C@H]1CNC[C@@H]1C. The van der Waals surface area contributed by atoms with E-state index >= 15 is 0 Å². The summed E-state index contributed by atoms with van der Waals surface area (Å²) in [5, 5.41) is 6.56. The van der Waals surface area contributed by atoms with Crippen LogP contribution in [0.5, 0.6) is 0 Å². The van der Waals surface area contributed by atoms with E-state index in [1.807, 2.05) is 7.05 Å². The van der Waals surface area contributed by atoms with Gasteiger partial charge in [-0.25, -0.2) is 0 Å². The van der Waals surface area contributed by atoms with Gasteiger partial charge in [0, 0.05) is 12.6 Å². The molecule has 1 fully saturated rings. The molecule has 1 aliphatic heterocycles. The first-order chi connectivity index (χ1) is 3.84. The van der Waals surface area contributed by atoms with Gasteiger partial charge in [-0.2, -0.15) is 0 Å². The summed E-state index contributed by atoms with van der Waals surface area (Å²) in [5.41, 5.74) is 0. The van der Waals surface area contributed by atoms with Gasteiger partial charge in [-0.15, -0.1) is 0 Å². The molecule has 0 aromatic heterocycles. The van der Waals surface area contributed by atoms with Crippen LogP contribution < -0.4 is 10.6 Å². The Morgan fingerprint density at radius 1 is 1.50 bits per heavy atom. The van der Waals surface area contributed by atoms with E-state index in [0.29, 0.717) is 6.04 Å². The summed E-state index contributed by atoms with van der Waals surface area (Å²) in [6.07, 6.45) is 0. The average Bonchev–Trinajstić information content (AvgIpc) is 2.14. The van der Waals surface area contributed by atoms with Crippen molar-refractivity contribution in [2.75, 3.05) is 20.1 Å². The maximum absolute atomic E-state index is 3.31. The van der Waals surface area contributed by atoms with E-state index in [1.54, 1.807) is 0 Å². The van der Waals surface area contributed by atoms with E-state index in [0.717, 1.165) is 12.5 Å². The summed E-state index contributed by atoms with van der Waals surface area (Å²) in [6.45, 7) is 4.57. The molecule has 0 amide bonds. The lowest BCUT2D eigenvalue weighted by atomic mass is 10.1. The summed E-state index contributed by atoms with van der Waals surface area (Å²) < 4.78 is 0. The second-order valence-electron chi connectivity index (χ2n) is 2.53. The highest BCUT2D eigenvalue weighted by atomic mass is 15.0. The third kappa shape index (κ3) is 1.01. The van der Waals surface area contributed by atoms with Crippen molar-refractivity contribution < 1.29 is 0 Å². The van der Waals surface area contributed by atoms with Crippen LogP contribution in [0.4, 0.5) is 0 Å². The minimum Gasteiger partial charge on any atom is -0.315 e. The summed E-state index contributed by atoms with van der Waals surface area (Å²) >= 11 is 0. The lowest BCUT2D eigenvalue weighted by Gasteiger charge is -2.10. The van der Waals surface area contributed by atoms with Gasteiger partial charge in [0.15, 0.2) is 0 Å². The molecule has 1 saturated heterocycles. The second kappa shape index (κ2) is 2.46. The Labute approximate surface area is 50.7 Å². The van der Waals surface area contributed by atoms with Crippen molar-refractivity contribution in [2.45, 2.75) is 13.0 Å². The van der Waals surface area contributed by atoms with Gasteiger partial charge in [-0.3, -0.25) is 0 Å². The molecular formula is C6H14N2. The summed E-state index contributed by atoms with van der Waals surface area (Å²) in [6, 6.07) is 0.704. The fraction of sp³-hybridized carbons (Fsp3) is 1.00. The molecule has 2 N–H and O–H groups in total. The van der Waals surface area contributed by atoms with Crippen molar-refractivity contribution in [3.63, 3.8) is 0 Å². The summed E-state index contributed by atoms with van der Waals surface area (Å²) in [4.78, 5) is 0. The van der Waals surface area contributed by atoms with E-state index < -0.39 is 0 Å². The van der Waals surface area contributed by atoms with Crippen LogP contribution in [0, 0.1) is 5.92 Å². The fourth-order valence-corrected chi connectivity index (χ4v) is 1.20. The molecule has 2 heteroatoms. The molecule has 1 heterocycles. The van der Waals surface area contributed by atoms with Gasteiger partial charge in [0.1, 0.15) is 0 Å². The van der Waals surface area contributed by atoms with Gasteiger partial charge >= 0.3 is 0 Å².